The fourth-order valence-corrected chi connectivity index (χ4v) is 3.17. The van der Waals surface area contributed by atoms with Gasteiger partial charge in [-0.3, -0.25) is 0 Å². The summed E-state index contributed by atoms with van der Waals surface area (Å²) in [6.07, 6.45) is 1.52. The SMILES string of the molecule is CNS(=O)(=O)c1cc(C(=O)OC)c(NCc2ccco2)cc1Cl. The predicted molar refractivity (Wildman–Crippen MR) is 85.1 cm³/mol. The van der Waals surface area contributed by atoms with E-state index in [1.54, 1.807) is 12.1 Å². The molecule has 1 aromatic carbocycles. The molecule has 0 amide bonds. The molecule has 0 radical (unpaired) electrons. The van der Waals surface area contributed by atoms with E-state index in [0.29, 0.717) is 18.0 Å². The first-order valence-electron chi connectivity index (χ1n) is 6.50. The van der Waals surface area contributed by atoms with Gasteiger partial charge in [-0.15, -0.1) is 0 Å². The third kappa shape index (κ3) is 3.84. The number of ether oxygens (including phenoxy) is 1. The molecule has 0 fully saturated rings. The Morgan fingerprint density at radius 2 is 2.13 bits per heavy atom. The molecule has 23 heavy (non-hydrogen) atoms. The lowest BCUT2D eigenvalue weighted by molar-refractivity contribution is 0.0601. The first-order chi connectivity index (χ1) is 10.9. The number of benzene rings is 1. The number of sulfonamides is 1. The number of halogens is 1. The summed E-state index contributed by atoms with van der Waals surface area (Å²) >= 11 is 6.04. The number of hydrogen-bond acceptors (Lipinski definition) is 6. The molecule has 1 aromatic heterocycles. The number of hydrogen-bond donors (Lipinski definition) is 2. The third-order valence-electron chi connectivity index (χ3n) is 3.07. The number of carbonyl (C=O) groups is 1. The van der Waals surface area contributed by atoms with Crippen molar-refractivity contribution in [2.75, 3.05) is 19.5 Å². The molecule has 0 saturated heterocycles. The molecule has 0 aliphatic heterocycles. The molecular formula is C14H15ClN2O5S. The normalized spacial score (nSPS) is 11.3. The average Bonchev–Trinajstić information content (AvgIpc) is 3.05. The molecule has 2 N–H and O–H groups in total. The van der Waals surface area contributed by atoms with E-state index >= 15 is 0 Å². The largest absolute Gasteiger partial charge is 0.467 e. The van der Waals surface area contributed by atoms with E-state index in [1.807, 2.05) is 0 Å². The second kappa shape index (κ2) is 7.03. The van der Waals surface area contributed by atoms with E-state index < -0.39 is 16.0 Å². The number of carbonyl (C=O) groups excluding carboxylic acids is 1. The highest BCUT2D eigenvalue weighted by atomic mass is 35.5. The molecule has 1 heterocycles. The van der Waals surface area contributed by atoms with E-state index in [1.165, 1.54) is 32.6 Å². The van der Waals surface area contributed by atoms with Crippen molar-refractivity contribution in [1.82, 2.24) is 4.72 Å². The van der Waals surface area contributed by atoms with Crippen LogP contribution in [-0.4, -0.2) is 28.5 Å². The number of nitrogens with one attached hydrogen (secondary N) is 2. The second-order valence-corrected chi connectivity index (χ2v) is 6.72. The molecule has 9 heteroatoms. The van der Waals surface area contributed by atoms with E-state index in [2.05, 4.69) is 10.0 Å². The zero-order valence-electron chi connectivity index (χ0n) is 12.4. The highest BCUT2D eigenvalue weighted by Gasteiger charge is 2.22. The summed E-state index contributed by atoms with van der Waals surface area (Å²) in [5.41, 5.74) is 0.394. The lowest BCUT2D eigenvalue weighted by atomic mass is 10.1. The van der Waals surface area contributed by atoms with Gasteiger partial charge in [0.05, 0.1) is 36.2 Å². The summed E-state index contributed by atoms with van der Waals surface area (Å²) in [6, 6.07) is 6.02. The van der Waals surface area contributed by atoms with Crippen molar-refractivity contribution < 1.29 is 22.4 Å². The van der Waals surface area contributed by atoms with Crippen molar-refractivity contribution in [3.05, 3.63) is 46.9 Å². The summed E-state index contributed by atoms with van der Waals surface area (Å²) < 4.78 is 36.0. The van der Waals surface area contributed by atoms with Gasteiger partial charge in [-0.2, -0.15) is 0 Å². The second-order valence-electron chi connectivity index (χ2n) is 4.46. The number of methoxy groups -OCH3 is 1. The molecule has 0 spiro atoms. The van der Waals surface area contributed by atoms with Crippen LogP contribution in [0.1, 0.15) is 16.1 Å². The monoisotopic (exact) mass is 358 g/mol. The van der Waals surface area contributed by atoms with E-state index in [9.17, 15) is 13.2 Å². The molecule has 0 aliphatic rings. The molecule has 0 bridgehead atoms. The van der Waals surface area contributed by atoms with Crippen molar-refractivity contribution in [3.8, 4) is 0 Å². The van der Waals surface area contributed by atoms with Gasteiger partial charge in [-0.25, -0.2) is 17.9 Å². The maximum Gasteiger partial charge on any atom is 0.340 e. The van der Waals surface area contributed by atoms with Gasteiger partial charge in [0.1, 0.15) is 10.7 Å². The first kappa shape index (κ1) is 17.3. The van der Waals surface area contributed by atoms with Crippen molar-refractivity contribution in [2.24, 2.45) is 0 Å². The van der Waals surface area contributed by atoms with Gasteiger partial charge in [0.15, 0.2) is 0 Å². The van der Waals surface area contributed by atoms with Gasteiger partial charge < -0.3 is 14.5 Å². The minimum Gasteiger partial charge on any atom is -0.467 e. The Kier molecular flexibility index (Phi) is 5.30. The molecule has 0 aliphatic carbocycles. The van der Waals surface area contributed by atoms with E-state index in [-0.39, 0.29) is 15.5 Å². The maximum atomic E-state index is 12.0. The van der Waals surface area contributed by atoms with Crippen molar-refractivity contribution in [1.29, 1.82) is 0 Å². The zero-order valence-corrected chi connectivity index (χ0v) is 14.0. The predicted octanol–water partition coefficient (Wildman–Crippen LogP) is 2.24. The van der Waals surface area contributed by atoms with Gasteiger partial charge in [-0.05, 0) is 31.3 Å². The van der Waals surface area contributed by atoms with E-state index in [0.717, 1.165) is 0 Å². The van der Waals surface area contributed by atoms with Gasteiger partial charge in [-0.1, -0.05) is 11.6 Å². The van der Waals surface area contributed by atoms with Crippen LogP contribution in [-0.2, 0) is 21.3 Å². The van der Waals surface area contributed by atoms with Crippen LogP contribution in [0.2, 0.25) is 5.02 Å². The average molecular weight is 359 g/mol. The van der Waals surface area contributed by atoms with Crippen LogP contribution in [0.25, 0.3) is 0 Å². The number of furan rings is 1. The highest BCUT2D eigenvalue weighted by Crippen LogP contribution is 2.29. The van der Waals surface area contributed by atoms with Gasteiger partial charge in [0.2, 0.25) is 10.0 Å². The van der Waals surface area contributed by atoms with Crippen molar-refractivity contribution >= 4 is 33.3 Å². The Labute approximate surface area is 138 Å². The standard InChI is InChI=1S/C14H15ClN2O5S/c1-16-23(19,20)13-6-10(14(18)21-2)12(7-11(13)15)17-8-9-4-3-5-22-9/h3-7,16-17H,8H2,1-2H3. The minimum atomic E-state index is -3.80. The van der Waals surface area contributed by atoms with Crippen LogP contribution in [0, 0.1) is 0 Å². The van der Waals surface area contributed by atoms with Crippen molar-refractivity contribution in [3.63, 3.8) is 0 Å². The smallest absolute Gasteiger partial charge is 0.340 e. The van der Waals surface area contributed by atoms with Gasteiger partial charge in [0, 0.05) is 0 Å². The Balaban J connectivity index is 2.44. The molecule has 0 atom stereocenters. The first-order valence-corrected chi connectivity index (χ1v) is 8.37. The summed E-state index contributed by atoms with van der Waals surface area (Å²) in [7, 11) is -1.34. The minimum absolute atomic E-state index is 0.0195. The summed E-state index contributed by atoms with van der Waals surface area (Å²) in [4.78, 5) is 11.7. The van der Waals surface area contributed by atoms with E-state index in [4.69, 9.17) is 20.8 Å². The quantitative estimate of drug-likeness (QED) is 0.768. The Hall–Kier alpha value is -2.03. The van der Waals surface area contributed by atoms with Gasteiger partial charge >= 0.3 is 5.97 Å². The third-order valence-corrected chi connectivity index (χ3v) is 4.95. The maximum absolute atomic E-state index is 12.0. The van der Waals surface area contributed by atoms with Crippen molar-refractivity contribution in [2.45, 2.75) is 11.4 Å². The summed E-state index contributed by atoms with van der Waals surface area (Å²) in [5, 5.41) is 2.95. The molecule has 0 saturated carbocycles. The topological polar surface area (TPSA) is 97.6 Å². The molecule has 0 unspecified atom stereocenters. The van der Waals surface area contributed by atoms with Gasteiger partial charge in [0.25, 0.3) is 0 Å². The Morgan fingerprint density at radius 1 is 1.39 bits per heavy atom. The molecule has 7 nitrogen and oxygen atoms in total. The summed E-state index contributed by atoms with van der Waals surface area (Å²) in [6.45, 7) is 0.297. The lowest BCUT2D eigenvalue weighted by Crippen LogP contribution is -2.20. The fraction of sp³-hybridized carbons (Fsp3) is 0.214. The molecular weight excluding hydrogens is 344 g/mol. The van der Waals surface area contributed by atoms with Crippen LogP contribution < -0.4 is 10.0 Å². The Morgan fingerprint density at radius 3 is 2.70 bits per heavy atom. The molecule has 2 aromatic rings. The van der Waals surface area contributed by atoms with Crippen LogP contribution in [0.4, 0.5) is 5.69 Å². The van der Waals surface area contributed by atoms with Crippen LogP contribution in [0.5, 0.6) is 0 Å². The Bertz CT molecular complexity index is 803. The highest BCUT2D eigenvalue weighted by molar-refractivity contribution is 7.89. The zero-order chi connectivity index (χ0) is 17.0. The number of esters is 1. The molecule has 2 rings (SSSR count). The molecule has 124 valence electrons. The van der Waals surface area contributed by atoms with Crippen LogP contribution >= 0.6 is 11.6 Å². The lowest BCUT2D eigenvalue weighted by Gasteiger charge is -2.13. The number of anilines is 1. The van der Waals surface area contributed by atoms with Crippen LogP contribution in [0.3, 0.4) is 0 Å². The van der Waals surface area contributed by atoms with Crippen LogP contribution in [0.15, 0.2) is 39.8 Å². The summed E-state index contributed by atoms with van der Waals surface area (Å²) in [5.74, 6) is -0.0416. The number of rotatable bonds is 6. The fourth-order valence-electron chi connectivity index (χ4n) is 1.89.